The summed E-state index contributed by atoms with van der Waals surface area (Å²) in [5, 5.41) is 14.3. The molecule has 1 fully saturated rings. The summed E-state index contributed by atoms with van der Waals surface area (Å²) in [6.07, 6.45) is 2.37. The number of nitro benzene ring substituents is 1. The maximum absolute atomic E-state index is 10.9. The summed E-state index contributed by atoms with van der Waals surface area (Å²) in [6.45, 7) is 2.87. The Morgan fingerprint density at radius 3 is 3.05 bits per heavy atom. The third-order valence-electron chi connectivity index (χ3n) is 3.43. The smallest absolute Gasteiger partial charge is 0.283 e. The van der Waals surface area contributed by atoms with Gasteiger partial charge in [-0.15, -0.1) is 0 Å². The molecule has 0 saturated carbocycles. The van der Waals surface area contributed by atoms with Gasteiger partial charge in [0.15, 0.2) is 0 Å². The lowest BCUT2D eigenvalue weighted by atomic mass is 10.1. The Morgan fingerprint density at radius 2 is 2.37 bits per heavy atom. The van der Waals surface area contributed by atoms with E-state index in [-0.39, 0.29) is 10.6 Å². The van der Waals surface area contributed by atoms with E-state index in [9.17, 15) is 10.1 Å². The zero-order chi connectivity index (χ0) is 13.8. The fourth-order valence-corrected chi connectivity index (χ4v) is 2.79. The van der Waals surface area contributed by atoms with E-state index in [2.05, 4.69) is 33.2 Å². The van der Waals surface area contributed by atoms with Gasteiger partial charge in [-0.05, 0) is 54.0 Å². The number of likely N-dealkylation sites (tertiary alicyclic amines) is 1. The molecular formula is C13H18BrN3O2. The minimum atomic E-state index is -0.359. The van der Waals surface area contributed by atoms with Crippen molar-refractivity contribution < 1.29 is 4.92 Å². The van der Waals surface area contributed by atoms with Gasteiger partial charge in [-0.2, -0.15) is 0 Å². The first-order chi connectivity index (χ1) is 9.06. The van der Waals surface area contributed by atoms with Crippen molar-refractivity contribution in [3.63, 3.8) is 0 Å². The van der Waals surface area contributed by atoms with E-state index >= 15 is 0 Å². The number of nitrogens with zero attached hydrogens (tertiary/aromatic N) is 2. The fraction of sp³-hybridized carbons (Fsp3) is 0.538. The molecule has 1 aromatic carbocycles. The van der Waals surface area contributed by atoms with Crippen LogP contribution in [0.4, 0.5) is 5.69 Å². The quantitative estimate of drug-likeness (QED) is 0.682. The molecule has 19 heavy (non-hydrogen) atoms. The summed E-state index contributed by atoms with van der Waals surface area (Å²) in [6, 6.07) is 5.75. The maximum Gasteiger partial charge on any atom is 0.283 e. The summed E-state index contributed by atoms with van der Waals surface area (Å²) in [4.78, 5) is 12.8. The summed E-state index contributed by atoms with van der Waals surface area (Å²) in [5.41, 5.74) is 1.07. The first kappa shape index (κ1) is 14.4. The lowest BCUT2D eigenvalue weighted by Crippen LogP contribution is -2.43. The predicted octanol–water partition coefficient (Wildman–Crippen LogP) is 2.54. The lowest BCUT2D eigenvalue weighted by Gasteiger charge is -2.30. The molecule has 0 aromatic heterocycles. The molecule has 6 heteroatoms. The van der Waals surface area contributed by atoms with Crippen molar-refractivity contribution in [2.75, 3.05) is 20.1 Å². The van der Waals surface area contributed by atoms with E-state index in [4.69, 9.17) is 0 Å². The highest BCUT2D eigenvalue weighted by atomic mass is 79.9. The fourth-order valence-electron chi connectivity index (χ4n) is 2.40. The molecule has 1 unspecified atom stereocenters. The number of halogens is 1. The van der Waals surface area contributed by atoms with Crippen LogP contribution in [0, 0.1) is 10.1 Å². The molecule has 0 radical (unpaired) electrons. The molecule has 1 aliphatic heterocycles. The number of likely N-dealkylation sites (N-methyl/N-ethyl adjacent to an activating group) is 1. The van der Waals surface area contributed by atoms with E-state index in [1.807, 2.05) is 6.07 Å². The second-order valence-electron chi connectivity index (χ2n) is 5.03. The maximum atomic E-state index is 10.9. The summed E-state index contributed by atoms with van der Waals surface area (Å²) in [7, 11) is 2.12. The number of hydrogen-bond donors (Lipinski definition) is 1. The summed E-state index contributed by atoms with van der Waals surface area (Å²) in [5.74, 6) is 0. The van der Waals surface area contributed by atoms with Crippen LogP contribution in [0.5, 0.6) is 0 Å². The number of benzene rings is 1. The molecule has 5 nitrogen and oxygen atoms in total. The topological polar surface area (TPSA) is 58.4 Å². The second kappa shape index (κ2) is 6.45. The van der Waals surface area contributed by atoms with Gasteiger partial charge in [-0.3, -0.25) is 10.1 Å². The Morgan fingerprint density at radius 1 is 1.58 bits per heavy atom. The summed E-state index contributed by atoms with van der Waals surface area (Å²) < 4.78 is 0.527. The average Bonchev–Trinajstić information content (AvgIpc) is 2.37. The Labute approximate surface area is 121 Å². The van der Waals surface area contributed by atoms with Gasteiger partial charge >= 0.3 is 0 Å². The minimum Gasteiger partial charge on any atom is -0.309 e. The molecule has 0 amide bonds. The van der Waals surface area contributed by atoms with Crippen LogP contribution in [0.15, 0.2) is 22.7 Å². The van der Waals surface area contributed by atoms with Crippen LogP contribution in [-0.2, 0) is 6.54 Å². The molecule has 1 atom stereocenters. The van der Waals surface area contributed by atoms with Crippen molar-refractivity contribution in [3.8, 4) is 0 Å². The normalized spacial score (nSPS) is 20.4. The Hall–Kier alpha value is -0.980. The molecule has 0 bridgehead atoms. The number of nitrogens with one attached hydrogen (secondary N) is 1. The second-order valence-corrected chi connectivity index (χ2v) is 5.88. The van der Waals surface area contributed by atoms with Crippen LogP contribution in [0.2, 0.25) is 0 Å². The molecule has 1 heterocycles. The van der Waals surface area contributed by atoms with Crippen LogP contribution >= 0.6 is 15.9 Å². The highest BCUT2D eigenvalue weighted by molar-refractivity contribution is 9.10. The zero-order valence-electron chi connectivity index (χ0n) is 10.9. The summed E-state index contributed by atoms with van der Waals surface area (Å²) >= 11 is 3.20. The zero-order valence-corrected chi connectivity index (χ0v) is 12.5. The van der Waals surface area contributed by atoms with Crippen molar-refractivity contribution in [2.45, 2.75) is 25.4 Å². The highest BCUT2D eigenvalue weighted by Crippen LogP contribution is 2.25. The number of nitro groups is 1. The van der Waals surface area contributed by atoms with Gasteiger partial charge in [0.1, 0.15) is 0 Å². The van der Waals surface area contributed by atoms with Gasteiger partial charge in [0.05, 0.1) is 9.40 Å². The van der Waals surface area contributed by atoms with Crippen molar-refractivity contribution in [1.29, 1.82) is 0 Å². The molecule has 0 spiro atoms. The van der Waals surface area contributed by atoms with Gasteiger partial charge in [0, 0.05) is 25.2 Å². The highest BCUT2D eigenvalue weighted by Gasteiger charge is 2.17. The van der Waals surface area contributed by atoms with Crippen LogP contribution < -0.4 is 5.32 Å². The van der Waals surface area contributed by atoms with Gasteiger partial charge in [-0.25, -0.2) is 0 Å². The van der Waals surface area contributed by atoms with Gasteiger partial charge < -0.3 is 10.2 Å². The molecule has 1 saturated heterocycles. The van der Waals surface area contributed by atoms with Crippen molar-refractivity contribution in [1.82, 2.24) is 10.2 Å². The van der Waals surface area contributed by atoms with Crippen LogP contribution in [-0.4, -0.2) is 36.0 Å². The Balaban J connectivity index is 1.96. The van der Waals surface area contributed by atoms with Crippen LogP contribution in [0.1, 0.15) is 18.4 Å². The number of piperidine rings is 1. The van der Waals surface area contributed by atoms with Gasteiger partial charge in [0.25, 0.3) is 5.69 Å². The van der Waals surface area contributed by atoms with Crippen LogP contribution in [0.3, 0.4) is 0 Å². The molecule has 2 rings (SSSR count). The van der Waals surface area contributed by atoms with E-state index in [1.54, 1.807) is 12.1 Å². The third kappa shape index (κ3) is 3.99. The average molecular weight is 328 g/mol. The first-order valence-electron chi connectivity index (χ1n) is 6.41. The molecule has 1 aromatic rings. The predicted molar refractivity (Wildman–Crippen MR) is 78.2 cm³/mol. The minimum absolute atomic E-state index is 0.125. The molecule has 1 N–H and O–H groups in total. The van der Waals surface area contributed by atoms with E-state index in [0.29, 0.717) is 17.1 Å². The van der Waals surface area contributed by atoms with Gasteiger partial charge in [0.2, 0.25) is 0 Å². The standard InChI is InChI=1S/C13H18BrN3O2/c1-16-6-2-3-11(9-16)15-8-10-4-5-12(14)13(7-10)17(18)19/h4-5,7,11,15H,2-3,6,8-9H2,1H3. The van der Waals surface area contributed by atoms with Crippen molar-refractivity contribution in [3.05, 3.63) is 38.3 Å². The monoisotopic (exact) mass is 327 g/mol. The molecular weight excluding hydrogens is 310 g/mol. The first-order valence-corrected chi connectivity index (χ1v) is 7.20. The Kier molecular flexibility index (Phi) is 4.90. The lowest BCUT2D eigenvalue weighted by molar-refractivity contribution is -0.385. The Bertz CT molecular complexity index is 467. The number of rotatable bonds is 4. The molecule has 104 valence electrons. The van der Waals surface area contributed by atoms with Crippen LogP contribution in [0.25, 0.3) is 0 Å². The van der Waals surface area contributed by atoms with E-state index in [1.165, 1.54) is 12.8 Å². The van der Waals surface area contributed by atoms with Crippen molar-refractivity contribution >= 4 is 21.6 Å². The molecule has 1 aliphatic rings. The molecule has 0 aliphatic carbocycles. The van der Waals surface area contributed by atoms with E-state index in [0.717, 1.165) is 18.7 Å². The largest absolute Gasteiger partial charge is 0.309 e. The van der Waals surface area contributed by atoms with E-state index < -0.39 is 0 Å². The SMILES string of the molecule is CN1CCCC(NCc2ccc(Br)c([N+](=O)[O-])c2)C1. The third-order valence-corrected chi connectivity index (χ3v) is 4.10. The van der Waals surface area contributed by atoms with Crippen molar-refractivity contribution in [2.24, 2.45) is 0 Å². The van der Waals surface area contributed by atoms with Gasteiger partial charge in [-0.1, -0.05) is 6.07 Å². The number of hydrogen-bond acceptors (Lipinski definition) is 4.